The normalized spacial score (nSPS) is 22.3. The average molecular weight is 209 g/mol. The van der Waals surface area contributed by atoms with E-state index in [-0.39, 0.29) is 11.9 Å². The van der Waals surface area contributed by atoms with Gasteiger partial charge in [0.05, 0.1) is 18.2 Å². The highest BCUT2D eigenvalue weighted by Crippen LogP contribution is 2.19. The van der Waals surface area contributed by atoms with Gasteiger partial charge >= 0.3 is 0 Å². The van der Waals surface area contributed by atoms with Crippen LogP contribution in [0.5, 0.6) is 0 Å². The third kappa shape index (κ3) is 2.18. The first kappa shape index (κ1) is 10.2. The highest BCUT2D eigenvalue weighted by molar-refractivity contribution is 5.76. The SMILES string of the molecule is Cc1nc(C2CC(=O)NCCN2)oc1C. The second-order valence-corrected chi connectivity index (χ2v) is 3.75. The van der Waals surface area contributed by atoms with Crippen molar-refractivity contribution in [3.05, 3.63) is 17.3 Å². The summed E-state index contributed by atoms with van der Waals surface area (Å²) in [5.41, 5.74) is 0.886. The van der Waals surface area contributed by atoms with Gasteiger partial charge in [-0.15, -0.1) is 0 Å². The van der Waals surface area contributed by atoms with Gasteiger partial charge in [-0.25, -0.2) is 4.98 Å². The van der Waals surface area contributed by atoms with Crippen LogP contribution in [0.1, 0.15) is 29.8 Å². The number of oxazole rings is 1. The van der Waals surface area contributed by atoms with Crippen molar-refractivity contribution in [3.8, 4) is 0 Å². The lowest BCUT2D eigenvalue weighted by Crippen LogP contribution is -2.24. The van der Waals surface area contributed by atoms with Crippen molar-refractivity contribution in [3.63, 3.8) is 0 Å². The number of aromatic nitrogens is 1. The zero-order chi connectivity index (χ0) is 10.8. The molecule has 1 aromatic heterocycles. The fourth-order valence-corrected chi connectivity index (χ4v) is 1.60. The fraction of sp³-hybridized carbons (Fsp3) is 0.600. The Balaban J connectivity index is 2.18. The molecule has 2 heterocycles. The Labute approximate surface area is 88.3 Å². The molecule has 5 heteroatoms. The smallest absolute Gasteiger partial charge is 0.222 e. The van der Waals surface area contributed by atoms with Crippen LogP contribution >= 0.6 is 0 Å². The molecule has 15 heavy (non-hydrogen) atoms. The van der Waals surface area contributed by atoms with Gasteiger partial charge in [0, 0.05) is 13.1 Å². The van der Waals surface area contributed by atoms with E-state index in [1.807, 2.05) is 13.8 Å². The van der Waals surface area contributed by atoms with E-state index in [0.29, 0.717) is 18.9 Å². The van der Waals surface area contributed by atoms with E-state index < -0.39 is 0 Å². The summed E-state index contributed by atoms with van der Waals surface area (Å²) in [5.74, 6) is 1.47. The molecule has 1 aromatic rings. The first-order valence-electron chi connectivity index (χ1n) is 5.11. The van der Waals surface area contributed by atoms with Crippen LogP contribution in [0.3, 0.4) is 0 Å². The Kier molecular flexibility index (Phi) is 2.73. The van der Waals surface area contributed by atoms with E-state index in [1.165, 1.54) is 0 Å². The number of carbonyl (C=O) groups excluding carboxylic acids is 1. The van der Waals surface area contributed by atoms with Crippen LogP contribution in [0.2, 0.25) is 0 Å². The van der Waals surface area contributed by atoms with Gasteiger partial charge in [-0.3, -0.25) is 4.79 Å². The minimum Gasteiger partial charge on any atom is -0.444 e. The maximum Gasteiger partial charge on any atom is 0.222 e. The zero-order valence-corrected chi connectivity index (χ0v) is 8.96. The van der Waals surface area contributed by atoms with Gasteiger partial charge in [0.25, 0.3) is 0 Å². The fourth-order valence-electron chi connectivity index (χ4n) is 1.60. The summed E-state index contributed by atoms with van der Waals surface area (Å²) in [6, 6.07) is -0.0973. The summed E-state index contributed by atoms with van der Waals surface area (Å²) in [4.78, 5) is 15.6. The number of rotatable bonds is 1. The van der Waals surface area contributed by atoms with Gasteiger partial charge in [-0.05, 0) is 13.8 Å². The number of hydrogen-bond donors (Lipinski definition) is 2. The summed E-state index contributed by atoms with van der Waals surface area (Å²) in [7, 11) is 0. The largest absolute Gasteiger partial charge is 0.444 e. The van der Waals surface area contributed by atoms with Crippen molar-refractivity contribution in [2.75, 3.05) is 13.1 Å². The Morgan fingerprint density at radius 1 is 1.40 bits per heavy atom. The Bertz CT molecular complexity index is 353. The van der Waals surface area contributed by atoms with E-state index >= 15 is 0 Å². The highest BCUT2D eigenvalue weighted by atomic mass is 16.4. The lowest BCUT2D eigenvalue weighted by Gasteiger charge is -2.09. The van der Waals surface area contributed by atoms with Crippen molar-refractivity contribution in [1.29, 1.82) is 0 Å². The average Bonchev–Trinajstić information content (AvgIpc) is 2.41. The van der Waals surface area contributed by atoms with E-state index in [1.54, 1.807) is 0 Å². The van der Waals surface area contributed by atoms with Crippen LogP contribution < -0.4 is 10.6 Å². The Morgan fingerprint density at radius 3 is 2.87 bits per heavy atom. The van der Waals surface area contributed by atoms with Crippen molar-refractivity contribution < 1.29 is 9.21 Å². The second-order valence-electron chi connectivity index (χ2n) is 3.75. The number of carbonyl (C=O) groups is 1. The molecule has 1 aliphatic heterocycles. The topological polar surface area (TPSA) is 67.2 Å². The van der Waals surface area contributed by atoms with Gasteiger partial charge in [0.1, 0.15) is 5.76 Å². The maximum absolute atomic E-state index is 11.3. The van der Waals surface area contributed by atoms with Crippen molar-refractivity contribution in [1.82, 2.24) is 15.6 Å². The predicted molar refractivity (Wildman–Crippen MR) is 54.3 cm³/mol. The highest BCUT2D eigenvalue weighted by Gasteiger charge is 2.23. The van der Waals surface area contributed by atoms with Gasteiger partial charge in [-0.2, -0.15) is 0 Å². The number of nitrogens with zero attached hydrogens (tertiary/aromatic N) is 1. The minimum atomic E-state index is -0.0973. The molecular weight excluding hydrogens is 194 g/mol. The molecule has 0 saturated carbocycles. The molecule has 1 aliphatic rings. The number of hydrogen-bond acceptors (Lipinski definition) is 4. The molecule has 0 bridgehead atoms. The molecular formula is C10H15N3O2. The van der Waals surface area contributed by atoms with Crippen LogP contribution in [0.4, 0.5) is 0 Å². The summed E-state index contributed by atoms with van der Waals surface area (Å²) >= 11 is 0. The summed E-state index contributed by atoms with van der Waals surface area (Å²) in [6.07, 6.45) is 0.388. The quantitative estimate of drug-likeness (QED) is 0.704. The van der Waals surface area contributed by atoms with Crippen LogP contribution in [-0.2, 0) is 4.79 Å². The van der Waals surface area contributed by atoms with Crippen LogP contribution in [0.15, 0.2) is 4.42 Å². The number of amides is 1. The van der Waals surface area contributed by atoms with Crippen LogP contribution in [0.25, 0.3) is 0 Å². The standard InChI is InChI=1S/C10H15N3O2/c1-6-7(2)15-10(13-6)8-5-9(14)12-4-3-11-8/h8,11H,3-5H2,1-2H3,(H,12,14). The maximum atomic E-state index is 11.3. The third-order valence-electron chi connectivity index (χ3n) is 2.57. The van der Waals surface area contributed by atoms with Gasteiger partial charge in [-0.1, -0.05) is 0 Å². The monoisotopic (exact) mass is 209 g/mol. The third-order valence-corrected chi connectivity index (χ3v) is 2.57. The van der Waals surface area contributed by atoms with Gasteiger partial charge in [0.15, 0.2) is 0 Å². The molecule has 1 atom stereocenters. The minimum absolute atomic E-state index is 0.0403. The molecule has 2 rings (SSSR count). The Hall–Kier alpha value is -1.36. The molecule has 0 radical (unpaired) electrons. The molecule has 2 N–H and O–H groups in total. The van der Waals surface area contributed by atoms with Crippen molar-refractivity contribution in [2.45, 2.75) is 26.3 Å². The van der Waals surface area contributed by atoms with Crippen molar-refractivity contribution in [2.24, 2.45) is 0 Å². The molecule has 1 amide bonds. The summed E-state index contributed by atoms with van der Waals surface area (Å²) < 4.78 is 5.50. The van der Waals surface area contributed by atoms with E-state index in [2.05, 4.69) is 15.6 Å². The van der Waals surface area contributed by atoms with E-state index in [4.69, 9.17) is 4.42 Å². The molecule has 1 saturated heterocycles. The Morgan fingerprint density at radius 2 is 2.20 bits per heavy atom. The molecule has 0 spiro atoms. The van der Waals surface area contributed by atoms with Crippen LogP contribution in [-0.4, -0.2) is 24.0 Å². The summed E-state index contributed by atoms with van der Waals surface area (Å²) in [6.45, 7) is 5.19. The van der Waals surface area contributed by atoms with E-state index in [9.17, 15) is 4.79 Å². The van der Waals surface area contributed by atoms with Crippen LogP contribution in [0, 0.1) is 13.8 Å². The summed E-state index contributed by atoms with van der Waals surface area (Å²) in [5, 5.41) is 6.02. The molecule has 1 unspecified atom stereocenters. The molecule has 5 nitrogen and oxygen atoms in total. The zero-order valence-electron chi connectivity index (χ0n) is 8.96. The molecule has 82 valence electrons. The van der Waals surface area contributed by atoms with Crippen molar-refractivity contribution >= 4 is 5.91 Å². The van der Waals surface area contributed by atoms with E-state index in [0.717, 1.165) is 18.0 Å². The number of nitrogens with one attached hydrogen (secondary N) is 2. The van der Waals surface area contributed by atoms with Gasteiger partial charge < -0.3 is 15.1 Å². The lowest BCUT2D eigenvalue weighted by atomic mass is 10.2. The van der Waals surface area contributed by atoms with Gasteiger partial charge in [0.2, 0.25) is 11.8 Å². The molecule has 1 fully saturated rings. The second kappa shape index (κ2) is 4.02. The first-order chi connectivity index (χ1) is 7.16. The lowest BCUT2D eigenvalue weighted by molar-refractivity contribution is -0.121. The number of aryl methyl sites for hydroxylation is 2. The predicted octanol–water partition coefficient (Wildman–Crippen LogP) is 0.442. The first-order valence-corrected chi connectivity index (χ1v) is 5.11. The molecule has 0 aromatic carbocycles. The molecule has 0 aliphatic carbocycles.